The Bertz CT molecular complexity index is 1300. The highest BCUT2D eigenvalue weighted by molar-refractivity contribution is 5.99. The van der Waals surface area contributed by atoms with Gasteiger partial charge in [0, 0.05) is 39.4 Å². The fourth-order valence-corrected chi connectivity index (χ4v) is 5.70. The van der Waals surface area contributed by atoms with E-state index < -0.39 is 17.3 Å². The maximum absolute atomic E-state index is 13.4. The van der Waals surface area contributed by atoms with Gasteiger partial charge in [-0.3, -0.25) is 9.69 Å². The number of carbonyl (C=O) groups is 1. The number of ether oxygens (including phenoxy) is 1. The second-order valence-corrected chi connectivity index (χ2v) is 10.2. The SMILES string of the molecule is O=C1N(c2cccc(C(F)(F)F)n2)CCC12CCN(c1cnc3cnn(CC4CCOCC4)c3n1)CC2. The molecule has 12 heteroatoms. The van der Waals surface area contributed by atoms with Crippen LogP contribution in [0.25, 0.3) is 11.2 Å². The smallest absolute Gasteiger partial charge is 0.381 e. The van der Waals surface area contributed by atoms with Crippen molar-refractivity contribution in [2.75, 3.05) is 42.6 Å². The molecule has 3 fully saturated rings. The van der Waals surface area contributed by atoms with Crippen LogP contribution in [-0.4, -0.2) is 63.5 Å². The van der Waals surface area contributed by atoms with Crippen molar-refractivity contribution in [3.63, 3.8) is 0 Å². The first kappa shape index (κ1) is 24.1. The van der Waals surface area contributed by atoms with Crippen LogP contribution < -0.4 is 9.80 Å². The van der Waals surface area contributed by atoms with Crippen LogP contribution in [0.1, 0.15) is 37.8 Å². The van der Waals surface area contributed by atoms with Crippen LogP contribution in [0.5, 0.6) is 0 Å². The summed E-state index contributed by atoms with van der Waals surface area (Å²) >= 11 is 0. The fraction of sp³-hybridized carbons (Fsp3) is 0.560. The number of amides is 1. The summed E-state index contributed by atoms with van der Waals surface area (Å²) in [5.74, 6) is 1.17. The molecule has 0 bridgehead atoms. The van der Waals surface area contributed by atoms with Crippen LogP contribution in [0.15, 0.2) is 30.6 Å². The molecule has 3 aromatic heterocycles. The third kappa shape index (κ3) is 4.51. The Morgan fingerprint density at radius 2 is 1.76 bits per heavy atom. The van der Waals surface area contributed by atoms with Crippen LogP contribution in [0.4, 0.5) is 24.8 Å². The summed E-state index contributed by atoms with van der Waals surface area (Å²) in [4.78, 5) is 30.1. The number of aromatic nitrogens is 5. The van der Waals surface area contributed by atoms with Crippen molar-refractivity contribution in [2.24, 2.45) is 11.3 Å². The number of halogens is 3. The Hall–Kier alpha value is -3.28. The average molecular weight is 516 g/mol. The van der Waals surface area contributed by atoms with Gasteiger partial charge in [-0.15, -0.1) is 0 Å². The number of nitrogens with zero attached hydrogens (tertiary/aromatic N) is 7. The minimum atomic E-state index is -4.55. The fourth-order valence-electron chi connectivity index (χ4n) is 5.70. The van der Waals surface area contributed by atoms with E-state index in [-0.39, 0.29) is 11.7 Å². The first-order chi connectivity index (χ1) is 17.8. The molecule has 1 spiro atoms. The summed E-state index contributed by atoms with van der Waals surface area (Å²) in [5, 5.41) is 4.51. The third-order valence-electron chi connectivity index (χ3n) is 7.96. The van der Waals surface area contributed by atoms with Crippen molar-refractivity contribution >= 4 is 28.7 Å². The molecule has 6 heterocycles. The van der Waals surface area contributed by atoms with E-state index >= 15 is 0 Å². The molecule has 6 rings (SSSR count). The minimum Gasteiger partial charge on any atom is -0.381 e. The zero-order valence-electron chi connectivity index (χ0n) is 20.3. The van der Waals surface area contributed by atoms with Crippen molar-refractivity contribution in [3.8, 4) is 0 Å². The van der Waals surface area contributed by atoms with Gasteiger partial charge in [0.1, 0.15) is 22.8 Å². The quantitative estimate of drug-likeness (QED) is 0.524. The highest BCUT2D eigenvalue weighted by atomic mass is 19.4. The van der Waals surface area contributed by atoms with Crippen molar-refractivity contribution in [2.45, 2.75) is 44.8 Å². The molecule has 0 atom stereocenters. The third-order valence-corrected chi connectivity index (χ3v) is 7.96. The van der Waals surface area contributed by atoms with Crippen molar-refractivity contribution in [3.05, 3.63) is 36.3 Å². The predicted molar refractivity (Wildman–Crippen MR) is 129 cm³/mol. The van der Waals surface area contributed by atoms with E-state index in [9.17, 15) is 18.0 Å². The summed E-state index contributed by atoms with van der Waals surface area (Å²) in [7, 11) is 0. The van der Waals surface area contributed by atoms with Crippen LogP contribution in [-0.2, 0) is 22.3 Å². The molecule has 9 nitrogen and oxygen atoms in total. The average Bonchev–Trinajstić information content (AvgIpc) is 3.45. The van der Waals surface area contributed by atoms with E-state index in [2.05, 4.69) is 20.0 Å². The molecular weight excluding hydrogens is 487 g/mol. The lowest BCUT2D eigenvalue weighted by Crippen LogP contribution is -2.45. The summed E-state index contributed by atoms with van der Waals surface area (Å²) in [6.45, 7) is 3.92. The molecule has 0 aromatic carbocycles. The van der Waals surface area contributed by atoms with Crippen LogP contribution in [0.2, 0.25) is 0 Å². The molecular formula is C25H28F3N7O2. The standard InChI is InChI=1S/C25H28F3N7O2/c26-25(27,28)19-2-1-3-20(31-19)34-11-8-24(23(34)36)6-9-33(10-7-24)21-15-29-18-14-30-35(22(18)32-21)16-17-4-12-37-13-5-17/h1-3,14-15,17H,4-13,16H2. The van der Waals surface area contributed by atoms with Crippen molar-refractivity contribution in [1.82, 2.24) is 24.7 Å². The molecule has 1 amide bonds. The van der Waals surface area contributed by atoms with Crippen molar-refractivity contribution in [1.29, 1.82) is 0 Å². The maximum atomic E-state index is 13.4. The molecule has 0 aliphatic carbocycles. The topological polar surface area (TPSA) is 89.3 Å². The number of hydrogen-bond acceptors (Lipinski definition) is 7. The van der Waals surface area contributed by atoms with Crippen LogP contribution >= 0.6 is 0 Å². The Morgan fingerprint density at radius 1 is 1.00 bits per heavy atom. The van der Waals surface area contributed by atoms with Crippen LogP contribution in [0.3, 0.4) is 0 Å². The molecule has 3 aromatic rings. The Kier molecular flexibility index (Phi) is 6.01. The van der Waals surface area contributed by atoms with E-state index in [0.717, 1.165) is 55.6 Å². The molecule has 196 valence electrons. The highest BCUT2D eigenvalue weighted by Crippen LogP contribution is 2.43. The summed E-state index contributed by atoms with van der Waals surface area (Å²) in [6.07, 6.45) is 2.74. The number of piperidine rings is 1. The van der Waals surface area contributed by atoms with E-state index in [1.807, 2.05) is 4.68 Å². The predicted octanol–water partition coefficient (Wildman–Crippen LogP) is 3.69. The van der Waals surface area contributed by atoms with E-state index in [0.29, 0.717) is 44.8 Å². The second-order valence-electron chi connectivity index (χ2n) is 10.2. The zero-order valence-corrected chi connectivity index (χ0v) is 20.3. The van der Waals surface area contributed by atoms with Gasteiger partial charge in [0.05, 0.1) is 17.8 Å². The molecule has 3 saturated heterocycles. The Morgan fingerprint density at radius 3 is 2.51 bits per heavy atom. The number of pyridine rings is 1. The molecule has 3 aliphatic rings. The highest BCUT2D eigenvalue weighted by Gasteiger charge is 2.49. The van der Waals surface area contributed by atoms with Gasteiger partial charge in [0.15, 0.2) is 5.65 Å². The number of anilines is 2. The summed E-state index contributed by atoms with van der Waals surface area (Å²) < 4.78 is 46.8. The van der Waals surface area contributed by atoms with Crippen molar-refractivity contribution < 1.29 is 22.7 Å². The van der Waals surface area contributed by atoms with Gasteiger partial charge in [-0.05, 0) is 50.2 Å². The van der Waals surface area contributed by atoms with E-state index in [1.165, 1.54) is 17.0 Å². The van der Waals surface area contributed by atoms with Crippen LogP contribution in [0, 0.1) is 11.3 Å². The largest absolute Gasteiger partial charge is 0.433 e. The number of carbonyl (C=O) groups excluding carboxylic acids is 1. The molecule has 3 aliphatic heterocycles. The number of rotatable bonds is 4. The lowest BCUT2D eigenvalue weighted by atomic mass is 9.77. The normalized spacial score (nSPS) is 20.9. The number of fused-ring (bicyclic) bond motifs is 1. The Labute approximate surface area is 211 Å². The monoisotopic (exact) mass is 515 g/mol. The first-order valence-corrected chi connectivity index (χ1v) is 12.7. The second kappa shape index (κ2) is 9.23. The molecule has 0 unspecified atom stereocenters. The Balaban J connectivity index is 1.15. The molecule has 0 saturated carbocycles. The first-order valence-electron chi connectivity index (χ1n) is 12.7. The van der Waals surface area contributed by atoms with Gasteiger partial charge < -0.3 is 9.64 Å². The van der Waals surface area contributed by atoms with Gasteiger partial charge in [-0.2, -0.15) is 18.3 Å². The van der Waals surface area contributed by atoms with Gasteiger partial charge >= 0.3 is 6.18 Å². The lowest BCUT2D eigenvalue weighted by molar-refractivity contribution is -0.141. The van der Waals surface area contributed by atoms with Gasteiger partial charge in [0.25, 0.3) is 0 Å². The lowest BCUT2D eigenvalue weighted by Gasteiger charge is -2.38. The molecule has 0 N–H and O–H groups in total. The minimum absolute atomic E-state index is 0.0632. The number of alkyl halides is 3. The van der Waals surface area contributed by atoms with Gasteiger partial charge in [-0.25, -0.2) is 19.6 Å². The summed E-state index contributed by atoms with van der Waals surface area (Å²) in [6, 6.07) is 3.69. The molecule has 0 radical (unpaired) electrons. The molecule has 37 heavy (non-hydrogen) atoms. The maximum Gasteiger partial charge on any atom is 0.433 e. The van der Waals surface area contributed by atoms with Gasteiger partial charge in [-0.1, -0.05) is 6.07 Å². The van der Waals surface area contributed by atoms with Gasteiger partial charge in [0.2, 0.25) is 5.91 Å². The number of hydrogen-bond donors (Lipinski definition) is 0. The zero-order chi connectivity index (χ0) is 25.6. The van der Waals surface area contributed by atoms with E-state index in [1.54, 1.807) is 12.4 Å². The van der Waals surface area contributed by atoms with E-state index in [4.69, 9.17) is 9.72 Å². The summed E-state index contributed by atoms with van der Waals surface area (Å²) in [5.41, 5.74) is -0.0736.